The van der Waals surface area contributed by atoms with Gasteiger partial charge in [0.25, 0.3) is 0 Å². The summed E-state index contributed by atoms with van der Waals surface area (Å²) < 4.78 is 0. The largest absolute Gasteiger partial charge is 0.377 e. The third-order valence-electron chi connectivity index (χ3n) is 2.18. The van der Waals surface area contributed by atoms with Gasteiger partial charge in [-0.3, -0.25) is 0 Å². The Morgan fingerprint density at radius 3 is 2.71 bits per heavy atom. The maximum absolute atomic E-state index is 8.60. The van der Waals surface area contributed by atoms with Crippen LogP contribution in [-0.2, 0) is 4.84 Å². The van der Waals surface area contributed by atoms with Crippen LogP contribution in [-0.4, -0.2) is 11.8 Å². The van der Waals surface area contributed by atoms with E-state index in [1.165, 1.54) is 0 Å². The molecule has 2 rings (SSSR count). The number of nitriles is 1. The molecule has 14 heavy (non-hydrogen) atoms. The van der Waals surface area contributed by atoms with Gasteiger partial charge in [0.05, 0.1) is 5.71 Å². The lowest BCUT2D eigenvalue weighted by atomic mass is 10.0. The van der Waals surface area contributed by atoms with Crippen LogP contribution in [0.1, 0.15) is 18.4 Å². The molecule has 3 nitrogen and oxygen atoms in total. The highest BCUT2D eigenvalue weighted by Crippen LogP contribution is 2.15. The average molecular weight is 186 g/mol. The van der Waals surface area contributed by atoms with E-state index in [1.54, 1.807) is 0 Å². The van der Waals surface area contributed by atoms with Gasteiger partial charge < -0.3 is 4.84 Å². The first-order chi connectivity index (χ1) is 6.90. The first-order valence-corrected chi connectivity index (χ1v) is 4.58. The summed E-state index contributed by atoms with van der Waals surface area (Å²) in [7, 11) is 0. The Hall–Kier alpha value is -1.82. The molecule has 1 aliphatic heterocycles. The van der Waals surface area contributed by atoms with E-state index in [4.69, 9.17) is 10.1 Å². The van der Waals surface area contributed by atoms with Crippen LogP contribution in [0.25, 0.3) is 0 Å². The molecule has 0 radical (unpaired) electrons. The van der Waals surface area contributed by atoms with Crippen LogP contribution in [0.15, 0.2) is 35.5 Å². The first kappa shape index (κ1) is 8.76. The highest BCUT2D eigenvalue weighted by molar-refractivity contribution is 6.00. The van der Waals surface area contributed by atoms with E-state index in [0.717, 1.165) is 24.1 Å². The van der Waals surface area contributed by atoms with Crippen LogP contribution in [0.3, 0.4) is 0 Å². The van der Waals surface area contributed by atoms with Crippen LogP contribution in [0.4, 0.5) is 0 Å². The molecule has 0 N–H and O–H groups in total. The number of rotatable bonds is 1. The summed E-state index contributed by atoms with van der Waals surface area (Å²) in [6, 6.07) is 11.9. The second kappa shape index (κ2) is 3.93. The van der Waals surface area contributed by atoms with Gasteiger partial charge in [0.15, 0.2) is 0 Å². The summed E-state index contributed by atoms with van der Waals surface area (Å²) in [6.45, 7) is 0. The summed E-state index contributed by atoms with van der Waals surface area (Å²) in [6.07, 6.45) is 1.16. The molecule has 3 heteroatoms. The van der Waals surface area contributed by atoms with E-state index in [1.807, 2.05) is 36.4 Å². The minimum atomic E-state index is -0.373. The van der Waals surface area contributed by atoms with Crippen molar-refractivity contribution in [2.75, 3.05) is 0 Å². The summed E-state index contributed by atoms with van der Waals surface area (Å²) in [5.74, 6) is 0. The molecule has 0 saturated carbocycles. The average Bonchev–Trinajstić information content (AvgIpc) is 2.30. The van der Waals surface area contributed by atoms with Gasteiger partial charge in [-0.1, -0.05) is 35.5 Å². The predicted octanol–water partition coefficient (Wildman–Crippen LogP) is 2.09. The molecule has 1 aromatic carbocycles. The molecule has 0 aliphatic carbocycles. The van der Waals surface area contributed by atoms with Crippen molar-refractivity contribution in [2.45, 2.75) is 18.9 Å². The second-order valence-corrected chi connectivity index (χ2v) is 3.17. The zero-order chi connectivity index (χ0) is 9.80. The fourth-order valence-electron chi connectivity index (χ4n) is 1.41. The summed E-state index contributed by atoms with van der Waals surface area (Å²) >= 11 is 0. The van der Waals surface area contributed by atoms with Crippen LogP contribution >= 0.6 is 0 Å². The topological polar surface area (TPSA) is 45.4 Å². The highest BCUT2D eigenvalue weighted by Gasteiger charge is 2.17. The Bertz CT molecular complexity index is 378. The molecule has 0 aromatic heterocycles. The van der Waals surface area contributed by atoms with Gasteiger partial charge in [-0.15, -0.1) is 0 Å². The monoisotopic (exact) mass is 186 g/mol. The van der Waals surface area contributed by atoms with Crippen molar-refractivity contribution < 1.29 is 4.84 Å². The minimum absolute atomic E-state index is 0.373. The van der Waals surface area contributed by atoms with E-state index in [0.29, 0.717) is 0 Å². The van der Waals surface area contributed by atoms with Gasteiger partial charge in [0.2, 0.25) is 6.10 Å². The fraction of sp³-hybridized carbons (Fsp3) is 0.273. The SMILES string of the molecule is N#CC1CCC(c2ccccc2)=NO1. The molecule has 70 valence electrons. The molecule has 0 bridgehead atoms. The number of benzene rings is 1. The van der Waals surface area contributed by atoms with E-state index in [-0.39, 0.29) is 6.10 Å². The zero-order valence-corrected chi connectivity index (χ0v) is 7.68. The van der Waals surface area contributed by atoms with Crippen LogP contribution < -0.4 is 0 Å². The Morgan fingerprint density at radius 1 is 1.36 bits per heavy atom. The molecular formula is C11H10N2O. The number of hydrogen-bond acceptors (Lipinski definition) is 3. The molecule has 0 saturated heterocycles. The molecule has 1 aliphatic rings. The zero-order valence-electron chi connectivity index (χ0n) is 7.68. The Morgan fingerprint density at radius 2 is 2.14 bits per heavy atom. The van der Waals surface area contributed by atoms with Crippen LogP contribution in [0.5, 0.6) is 0 Å². The standard InChI is InChI=1S/C11H10N2O/c12-8-10-6-7-11(13-14-10)9-4-2-1-3-5-9/h1-5,10H,6-7H2. The lowest BCUT2D eigenvalue weighted by Gasteiger charge is -2.15. The molecule has 1 atom stereocenters. The molecule has 0 fully saturated rings. The minimum Gasteiger partial charge on any atom is -0.377 e. The number of oxime groups is 1. The van der Waals surface area contributed by atoms with Crippen molar-refractivity contribution in [3.05, 3.63) is 35.9 Å². The fourth-order valence-corrected chi connectivity index (χ4v) is 1.41. The van der Waals surface area contributed by atoms with Gasteiger partial charge in [0.1, 0.15) is 6.07 Å². The lowest BCUT2D eigenvalue weighted by molar-refractivity contribution is 0.0822. The molecule has 0 spiro atoms. The normalized spacial score (nSPS) is 20.5. The van der Waals surface area contributed by atoms with Gasteiger partial charge in [-0.25, -0.2) is 0 Å². The van der Waals surface area contributed by atoms with E-state index < -0.39 is 0 Å². The molecule has 1 heterocycles. The highest BCUT2D eigenvalue weighted by atomic mass is 16.6. The molecular weight excluding hydrogens is 176 g/mol. The smallest absolute Gasteiger partial charge is 0.213 e. The Labute approximate surface area is 82.6 Å². The second-order valence-electron chi connectivity index (χ2n) is 3.17. The van der Waals surface area contributed by atoms with Crippen LogP contribution in [0.2, 0.25) is 0 Å². The Balaban J connectivity index is 2.16. The van der Waals surface area contributed by atoms with Crippen molar-refractivity contribution in [1.82, 2.24) is 0 Å². The number of nitrogens with zero attached hydrogens (tertiary/aromatic N) is 2. The summed E-state index contributed by atoms with van der Waals surface area (Å²) in [5.41, 5.74) is 2.00. The third kappa shape index (κ3) is 1.74. The quantitative estimate of drug-likeness (QED) is 0.674. The first-order valence-electron chi connectivity index (χ1n) is 4.58. The Kier molecular flexibility index (Phi) is 2.46. The van der Waals surface area contributed by atoms with E-state index in [9.17, 15) is 0 Å². The maximum atomic E-state index is 8.60. The summed E-state index contributed by atoms with van der Waals surface area (Å²) in [5, 5.41) is 12.5. The van der Waals surface area contributed by atoms with Gasteiger partial charge in [0, 0.05) is 6.42 Å². The van der Waals surface area contributed by atoms with Gasteiger partial charge in [-0.05, 0) is 12.0 Å². The summed E-state index contributed by atoms with van der Waals surface area (Å²) in [4.78, 5) is 5.02. The van der Waals surface area contributed by atoms with Crippen LogP contribution in [0, 0.1) is 11.3 Å². The van der Waals surface area contributed by atoms with Gasteiger partial charge >= 0.3 is 0 Å². The number of hydrogen-bond donors (Lipinski definition) is 0. The maximum Gasteiger partial charge on any atom is 0.213 e. The van der Waals surface area contributed by atoms with Crippen molar-refractivity contribution in [3.63, 3.8) is 0 Å². The van der Waals surface area contributed by atoms with Gasteiger partial charge in [-0.2, -0.15) is 5.26 Å². The third-order valence-corrected chi connectivity index (χ3v) is 2.18. The lowest BCUT2D eigenvalue weighted by Crippen LogP contribution is -2.17. The molecule has 1 aromatic rings. The predicted molar refractivity (Wildman–Crippen MR) is 52.7 cm³/mol. The van der Waals surface area contributed by atoms with Crippen molar-refractivity contribution in [2.24, 2.45) is 5.16 Å². The molecule has 1 unspecified atom stereocenters. The van der Waals surface area contributed by atoms with E-state index in [2.05, 4.69) is 5.16 Å². The molecule has 0 amide bonds. The van der Waals surface area contributed by atoms with Crippen molar-refractivity contribution in [3.8, 4) is 6.07 Å². The van der Waals surface area contributed by atoms with Crippen molar-refractivity contribution >= 4 is 5.71 Å². The van der Waals surface area contributed by atoms with E-state index >= 15 is 0 Å². The van der Waals surface area contributed by atoms with Crippen molar-refractivity contribution in [1.29, 1.82) is 5.26 Å².